The van der Waals surface area contributed by atoms with E-state index in [0.29, 0.717) is 44.1 Å². The van der Waals surface area contributed by atoms with Gasteiger partial charge in [0.1, 0.15) is 22.9 Å². The summed E-state index contributed by atoms with van der Waals surface area (Å²) in [4.78, 5) is 38.9. The van der Waals surface area contributed by atoms with Crippen molar-refractivity contribution in [2.45, 2.75) is 103 Å². The first-order chi connectivity index (χ1) is 29.1. The van der Waals surface area contributed by atoms with Crippen LogP contribution < -0.4 is 10.6 Å². The Balaban J connectivity index is 0.000000205. The van der Waals surface area contributed by atoms with Crippen LogP contribution in [0.4, 0.5) is 8.78 Å². The van der Waals surface area contributed by atoms with E-state index in [4.69, 9.17) is 4.74 Å². The maximum Gasteiger partial charge on any atom is 0.331 e. The quantitative estimate of drug-likeness (QED) is 0.101. The molecule has 3 aliphatic rings. The number of esters is 1. The minimum atomic E-state index is -1.05. The number of amides is 2. The normalized spacial score (nSPS) is 22.3. The Kier molecular flexibility index (Phi) is 14.1. The van der Waals surface area contributed by atoms with E-state index in [0.717, 1.165) is 68.5 Å². The van der Waals surface area contributed by atoms with Crippen LogP contribution in [0.1, 0.15) is 91.7 Å². The number of aliphatic hydroxyl groups is 3. The molecule has 61 heavy (non-hydrogen) atoms. The van der Waals surface area contributed by atoms with Crippen LogP contribution in [-0.2, 0) is 25.5 Å². The summed E-state index contributed by atoms with van der Waals surface area (Å²) < 4.78 is 32.0. The molecule has 1 heterocycles. The molecule has 1 aliphatic heterocycles. The Morgan fingerprint density at radius 1 is 0.738 bits per heavy atom. The van der Waals surface area contributed by atoms with Gasteiger partial charge in [0.2, 0.25) is 5.91 Å². The number of carbonyl (C=O) groups excluding carboxylic acids is 3. The molecule has 0 saturated heterocycles. The molecule has 0 atom stereocenters. The highest BCUT2D eigenvalue weighted by Gasteiger charge is 2.48. The standard InChI is InChI=1S/C26H32FNO4.C24H26FNO3/c1-4-32-25(31)26(13-11-19(16-29)12-14-26)28-24(30)15-23-17(2)5-10-22(18(23)3)20-6-8-21(27)9-7-20;1-14-3-8-19(17-4-6-18(25)7-5-17)15(2)20(14)21-22(28)24(26-23(21)29)11-9-16(13-27)10-12-24/h5-10,19,29H,4,11-16H2,1-3H3,(H,28,30);3-8,16,27-28H,9-13H2,1-2H3,(H,26,29). The summed E-state index contributed by atoms with van der Waals surface area (Å²) in [7, 11) is 0. The van der Waals surface area contributed by atoms with Gasteiger partial charge in [-0.05, 0) is 178 Å². The second kappa shape index (κ2) is 19.1. The van der Waals surface area contributed by atoms with Gasteiger partial charge >= 0.3 is 5.97 Å². The van der Waals surface area contributed by atoms with Crippen LogP contribution in [-0.4, -0.2) is 64.0 Å². The monoisotopic (exact) mass is 836 g/mol. The predicted octanol–water partition coefficient (Wildman–Crippen LogP) is 8.68. The number of aryl methyl sites for hydroxylation is 2. The number of carbonyl (C=O) groups is 3. The average molecular weight is 837 g/mol. The highest BCUT2D eigenvalue weighted by molar-refractivity contribution is 6.24. The first kappa shape index (κ1) is 45.1. The molecule has 11 heteroatoms. The molecule has 4 aromatic carbocycles. The maximum atomic E-state index is 13.3. The van der Waals surface area contributed by atoms with E-state index in [1.807, 2.05) is 52.0 Å². The molecule has 0 aromatic heterocycles. The number of benzene rings is 4. The lowest BCUT2D eigenvalue weighted by Crippen LogP contribution is -2.57. The van der Waals surface area contributed by atoms with E-state index in [-0.39, 0.29) is 67.3 Å². The molecule has 1 spiro atoms. The third-order valence-electron chi connectivity index (χ3n) is 13.2. The molecule has 2 amide bonds. The van der Waals surface area contributed by atoms with Crippen molar-refractivity contribution >= 4 is 23.4 Å². The fourth-order valence-corrected chi connectivity index (χ4v) is 9.39. The molecular weight excluding hydrogens is 779 g/mol. The lowest BCUT2D eigenvalue weighted by atomic mass is 9.75. The fraction of sp³-hybridized carbons (Fsp3) is 0.420. The van der Waals surface area contributed by atoms with Crippen molar-refractivity contribution in [2.75, 3.05) is 19.8 Å². The topological polar surface area (TPSA) is 145 Å². The minimum Gasteiger partial charge on any atom is -0.509 e. The SMILES string of the molecule is CCOC(=O)C1(NC(=O)Cc2c(C)ccc(-c3ccc(F)cc3)c2C)CCC(CO)CC1.Cc1ccc(-c2ccc(F)cc2)c(C)c1C1=C(O)C2(CCC(CO)CC2)NC1=O. The molecule has 2 aliphatic carbocycles. The van der Waals surface area contributed by atoms with E-state index in [2.05, 4.69) is 10.6 Å². The van der Waals surface area contributed by atoms with Gasteiger partial charge in [-0.1, -0.05) is 48.5 Å². The van der Waals surface area contributed by atoms with Gasteiger partial charge in [-0.25, -0.2) is 13.6 Å². The number of nitrogens with one attached hydrogen (secondary N) is 2. The summed E-state index contributed by atoms with van der Waals surface area (Å²) in [6.07, 6.45) is 5.14. The van der Waals surface area contributed by atoms with E-state index in [9.17, 15) is 38.5 Å². The van der Waals surface area contributed by atoms with Gasteiger partial charge in [0, 0.05) is 13.2 Å². The molecule has 0 unspecified atom stereocenters. The van der Waals surface area contributed by atoms with Crippen molar-refractivity contribution in [3.05, 3.63) is 124 Å². The molecular formula is C50H58F2N2O7. The van der Waals surface area contributed by atoms with Crippen molar-refractivity contribution in [3.63, 3.8) is 0 Å². The van der Waals surface area contributed by atoms with Gasteiger partial charge in [0.05, 0.1) is 24.1 Å². The molecule has 4 aromatic rings. The van der Waals surface area contributed by atoms with E-state index in [1.54, 1.807) is 31.2 Å². The van der Waals surface area contributed by atoms with Gasteiger partial charge in [0.15, 0.2) is 0 Å². The van der Waals surface area contributed by atoms with Crippen molar-refractivity contribution in [3.8, 4) is 22.3 Å². The molecule has 0 radical (unpaired) electrons. The van der Waals surface area contributed by atoms with Crippen LogP contribution in [0.2, 0.25) is 0 Å². The van der Waals surface area contributed by atoms with Gasteiger partial charge in [-0.15, -0.1) is 0 Å². The maximum absolute atomic E-state index is 13.3. The van der Waals surface area contributed by atoms with Crippen LogP contribution in [0.5, 0.6) is 0 Å². The summed E-state index contributed by atoms with van der Waals surface area (Å²) in [5.74, 6) is -1.01. The van der Waals surface area contributed by atoms with Crippen molar-refractivity contribution in [1.82, 2.24) is 10.6 Å². The van der Waals surface area contributed by atoms with Crippen LogP contribution in [0.15, 0.2) is 78.6 Å². The molecule has 0 bridgehead atoms. The minimum absolute atomic E-state index is 0.0847. The zero-order chi connectivity index (χ0) is 44.1. The second-order valence-corrected chi connectivity index (χ2v) is 17.0. The van der Waals surface area contributed by atoms with Crippen molar-refractivity contribution in [1.29, 1.82) is 0 Å². The largest absolute Gasteiger partial charge is 0.509 e. The fourth-order valence-electron chi connectivity index (χ4n) is 9.39. The Labute approximate surface area is 357 Å². The van der Waals surface area contributed by atoms with Gasteiger partial charge in [0.25, 0.3) is 5.91 Å². The summed E-state index contributed by atoms with van der Waals surface area (Å²) in [5, 5.41) is 36.1. The summed E-state index contributed by atoms with van der Waals surface area (Å²) in [5.41, 5.74) is 7.53. The van der Waals surface area contributed by atoms with E-state index in [1.165, 1.54) is 24.3 Å². The van der Waals surface area contributed by atoms with Crippen LogP contribution >= 0.6 is 0 Å². The Morgan fingerprint density at radius 2 is 1.23 bits per heavy atom. The predicted molar refractivity (Wildman–Crippen MR) is 232 cm³/mol. The zero-order valence-electron chi connectivity index (χ0n) is 35.8. The van der Waals surface area contributed by atoms with Crippen LogP contribution in [0.3, 0.4) is 0 Å². The first-order valence-electron chi connectivity index (χ1n) is 21.3. The van der Waals surface area contributed by atoms with Crippen molar-refractivity contribution in [2.24, 2.45) is 11.8 Å². The van der Waals surface area contributed by atoms with Gasteiger partial charge in [-0.3, -0.25) is 9.59 Å². The first-order valence-corrected chi connectivity index (χ1v) is 21.3. The Hall–Kier alpha value is -5.39. The second-order valence-electron chi connectivity index (χ2n) is 17.0. The van der Waals surface area contributed by atoms with Crippen LogP contribution in [0, 0.1) is 51.2 Å². The number of rotatable bonds is 10. The van der Waals surface area contributed by atoms with Gasteiger partial charge in [-0.2, -0.15) is 0 Å². The molecule has 2 saturated carbocycles. The molecule has 5 N–H and O–H groups in total. The summed E-state index contributed by atoms with van der Waals surface area (Å²) in [6.45, 7) is 10.00. The molecule has 7 rings (SSSR count). The Morgan fingerprint density at radius 3 is 1.74 bits per heavy atom. The Bertz CT molecular complexity index is 2270. The number of halogens is 2. The number of hydrogen-bond donors (Lipinski definition) is 5. The van der Waals surface area contributed by atoms with E-state index >= 15 is 0 Å². The average Bonchev–Trinajstić information content (AvgIpc) is 3.48. The third-order valence-corrected chi connectivity index (χ3v) is 13.2. The smallest absolute Gasteiger partial charge is 0.331 e. The molecule has 324 valence electrons. The van der Waals surface area contributed by atoms with Gasteiger partial charge < -0.3 is 30.7 Å². The van der Waals surface area contributed by atoms with E-state index < -0.39 is 17.0 Å². The van der Waals surface area contributed by atoms with Crippen molar-refractivity contribution < 1.29 is 43.2 Å². The highest BCUT2D eigenvalue weighted by Crippen LogP contribution is 2.45. The van der Waals surface area contributed by atoms with Crippen LogP contribution in [0.25, 0.3) is 27.8 Å². The lowest BCUT2D eigenvalue weighted by Gasteiger charge is -2.38. The zero-order valence-corrected chi connectivity index (χ0v) is 35.8. The summed E-state index contributed by atoms with van der Waals surface area (Å²) >= 11 is 0. The molecule has 9 nitrogen and oxygen atoms in total. The summed E-state index contributed by atoms with van der Waals surface area (Å²) in [6, 6.07) is 20.4. The number of aliphatic hydroxyl groups excluding tert-OH is 3. The third kappa shape index (κ3) is 9.58. The number of ether oxygens (including phenoxy) is 1. The highest BCUT2D eigenvalue weighted by atomic mass is 19.1. The number of hydrogen-bond acceptors (Lipinski definition) is 7. The molecule has 2 fully saturated rings. The lowest BCUT2D eigenvalue weighted by molar-refractivity contribution is -0.155.